The van der Waals surface area contributed by atoms with Crippen molar-refractivity contribution in [3.63, 3.8) is 0 Å². The van der Waals surface area contributed by atoms with Crippen LogP contribution in [0.3, 0.4) is 0 Å². The van der Waals surface area contributed by atoms with Crippen LogP contribution in [0.4, 0.5) is 4.39 Å². The van der Waals surface area contributed by atoms with Gasteiger partial charge in [0.2, 0.25) is 0 Å². The number of nitrogens with zero attached hydrogens (tertiary/aromatic N) is 4. The van der Waals surface area contributed by atoms with E-state index >= 15 is 0 Å². The SMILES string of the molecule is Cc1cc(C#N)c(F)cc1-c1c(C(=O)O)nc2cccnn12. The van der Waals surface area contributed by atoms with Gasteiger partial charge in [0.1, 0.15) is 17.6 Å². The van der Waals surface area contributed by atoms with Crippen molar-refractivity contribution in [1.82, 2.24) is 14.6 Å². The lowest BCUT2D eigenvalue weighted by atomic mass is 10.0. The number of rotatable bonds is 2. The van der Waals surface area contributed by atoms with E-state index in [2.05, 4.69) is 10.1 Å². The zero-order valence-corrected chi connectivity index (χ0v) is 11.4. The van der Waals surface area contributed by atoms with Crippen molar-refractivity contribution >= 4 is 11.6 Å². The smallest absolute Gasteiger partial charge is 0.356 e. The van der Waals surface area contributed by atoms with Crippen molar-refractivity contribution in [1.29, 1.82) is 5.26 Å². The Hall–Kier alpha value is -3.27. The first-order valence-corrected chi connectivity index (χ1v) is 6.30. The highest BCUT2D eigenvalue weighted by molar-refractivity contribution is 5.94. The Kier molecular flexibility index (Phi) is 3.07. The number of aromatic carboxylic acids is 1. The first-order valence-electron chi connectivity index (χ1n) is 6.30. The maximum absolute atomic E-state index is 13.9. The summed E-state index contributed by atoms with van der Waals surface area (Å²) in [6.07, 6.45) is 1.49. The van der Waals surface area contributed by atoms with E-state index in [1.54, 1.807) is 25.1 Å². The molecule has 0 unspecified atom stereocenters. The molecule has 108 valence electrons. The quantitative estimate of drug-likeness (QED) is 0.784. The van der Waals surface area contributed by atoms with Gasteiger partial charge in [-0.1, -0.05) is 0 Å². The number of carbonyl (C=O) groups is 1. The molecular weight excluding hydrogens is 287 g/mol. The number of aryl methyl sites for hydroxylation is 1. The molecule has 3 aromatic rings. The van der Waals surface area contributed by atoms with Gasteiger partial charge in [-0.05, 0) is 36.8 Å². The minimum Gasteiger partial charge on any atom is -0.476 e. The fourth-order valence-electron chi connectivity index (χ4n) is 2.30. The molecule has 7 heteroatoms. The highest BCUT2D eigenvalue weighted by atomic mass is 19.1. The molecule has 0 bridgehead atoms. The van der Waals surface area contributed by atoms with Crippen molar-refractivity contribution in [2.24, 2.45) is 0 Å². The Morgan fingerprint density at radius 1 is 1.45 bits per heavy atom. The molecule has 0 saturated heterocycles. The summed E-state index contributed by atoms with van der Waals surface area (Å²) in [6.45, 7) is 1.67. The summed E-state index contributed by atoms with van der Waals surface area (Å²) >= 11 is 0. The number of carboxylic acids is 1. The Morgan fingerprint density at radius 3 is 2.91 bits per heavy atom. The van der Waals surface area contributed by atoms with Gasteiger partial charge >= 0.3 is 5.97 Å². The van der Waals surface area contributed by atoms with Crippen LogP contribution >= 0.6 is 0 Å². The number of halogens is 1. The lowest BCUT2D eigenvalue weighted by molar-refractivity contribution is 0.0692. The average Bonchev–Trinajstić information content (AvgIpc) is 2.88. The van der Waals surface area contributed by atoms with Crippen LogP contribution in [0.1, 0.15) is 21.6 Å². The molecule has 0 radical (unpaired) electrons. The van der Waals surface area contributed by atoms with Gasteiger partial charge in [0.15, 0.2) is 11.3 Å². The van der Waals surface area contributed by atoms with Gasteiger partial charge < -0.3 is 5.11 Å². The number of carboxylic acid groups (broad SMARTS) is 1. The molecule has 0 amide bonds. The summed E-state index contributed by atoms with van der Waals surface area (Å²) in [6, 6.07) is 7.50. The summed E-state index contributed by atoms with van der Waals surface area (Å²) in [5.74, 6) is -1.95. The van der Waals surface area contributed by atoms with Gasteiger partial charge in [-0.25, -0.2) is 18.7 Å². The first-order chi connectivity index (χ1) is 10.5. The molecule has 22 heavy (non-hydrogen) atoms. The average molecular weight is 296 g/mol. The molecule has 1 N–H and O–H groups in total. The predicted molar refractivity (Wildman–Crippen MR) is 74.8 cm³/mol. The molecule has 0 aliphatic carbocycles. The van der Waals surface area contributed by atoms with Gasteiger partial charge in [0, 0.05) is 11.8 Å². The molecular formula is C15H9FN4O2. The van der Waals surface area contributed by atoms with E-state index < -0.39 is 11.8 Å². The number of fused-ring (bicyclic) bond motifs is 1. The monoisotopic (exact) mass is 296 g/mol. The van der Waals surface area contributed by atoms with Crippen molar-refractivity contribution in [3.05, 3.63) is 53.1 Å². The number of nitriles is 1. The molecule has 0 aliphatic heterocycles. The normalized spacial score (nSPS) is 10.6. The second kappa shape index (κ2) is 4.93. The Labute approximate surface area is 124 Å². The minimum atomic E-state index is -1.23. The molecule has 6 nitrogen and oxygen atoms in total. The van der Waals surface area contributed by atoms with Gasteiger partial charge in [0.25, 0.3) is 0 Å². The molecule has 0 fully saturated rings. The lowest BCUT2D eigenvalue weighted by Crippen LogP contribution is -2.03. The van der Waals surface area contributed by atoms with E-state index in [4.69, 9.17) is 5.26 Å². The molecule has 0 saturated carbocycles. The summed E-state index contributed by atoms with van der Waals surface area (Å²) < 4.78 is 15.3. The van der Waals surface area contributed by atoms with Crippen LogP contribution in [0.2, 0.25) is 0 Å². The topological polar surface area (TPSA) is 91.3 Å². The number of benzene rings is 1. The fourth-order valence-corrected chi connectivity index (χ4v) is 2.30. The third-order valence-electron chi connectivity index (χ3n) is 3.29. The van der Waals surface area contributed by atoms with Crippen LogP contribution in [0.5, 0.6) is 0 Å². The summed E-state index contributed by atoms with van der Waals surface area (Å²) in [7, 11) is 0. The van der Waals surface area contributed by atoms with Crippen molar-refractivity contribution < 1.29 is 14.3 Å². The maximum atomic E-state index is 13.9. The fraction of sp³-hybridized carbons (Fsp3) is 0.0667. The Bertz CT molecular complexity index is 956. The van der Waals surface area contributed by atoms with E-state index in [1.165, 1.54) is 16.8 Å². The summed E-state index contributed by atoms with van der Waals surface area (Å²) in [5.41, 5.74) is 1.11. The third kappa shape index (κ3) is 1.98. The van der Waals surface area contributed by atoms with Crippen LogP contribution < -0.4 is 0 Å². The van der Waals surface area contributed by atoms with Gasteiger partial charge in [-0.2, -0.15) is 10.4 Å². The second-order valence-corrected chi connectivity index (χ2v) is 4.67. The minimum absolute atomic E-state index is 0.0973. The van der Waals surface area contributed by atoms with Crippen LogP contribution in [0, 0.1) is 24.1 Å². The largest absolute Gasteiger partial charge is 0.476 e. The third-order valence-corrected chi connectivity index (χ3v) is 3.29. The number of hydrogen-bond donors (Lipinski definition) is 1. The van der Waals surface area contributed by atoms with E-state index in [9.17, 15) is 14.3 Å². The van der Waals surface area contributed by atoms with E-state index in [-0.39, 0.29) is 17.0 Å². The van der Waals surface area contributed by atoms with Crippen molar-refractivity contribution in [3.8, 4) is 17.3 Å². The lowest BCUT2D eigenvalue weighted by Gasteiger charge is -2.07. The summed E-state index contributed by atoms with van der Waals surface area (Å²) in [5, 5.41) is 22.3. The van der Waals surface area contributed by atoms with Crippen LogP contribution in [0.15, 0.2) is 30.5 Å². The van der Waals surface area contributed by atoms with E-state index in [0.717, 1.165) is 6.07 Å². The van der Waals surface area contributed by atoms with Crippen molar-refractivity contribution in [2.75, 3.05) is 0 Å². The molecule has 3 rings (SSSR count). The Balaban J connectivity index is 2.40. The molecule has 1 aromatic carbocycles. The molecule has 0 atom stereocenters. The maximum Gasteiger partial charge on any atom is 0.356 e. The van der Waals surface area contributed by atoms with Crippen LogP contribution in [-0.2, 0) is 0 Å². The van der Waals surface area contributed by atoms with Crippen LogP contribution in [0.25, 0.3) is 16.9 Å². The number of aromatic nitrogens is 3. The predicted octanol–water partition coefficient (Wildman–Crippen LogP) is 2.41. The zero-order valence-electron chi connectivity index (χ0n) is 11.4. The standard InChI is InChI=1S/C15H9FN4O2/c1-8-5-9(7-17)11(16)6-10(8)14-13(15(21)22)19-12-3-2-4-18-20(12)14/h2-6H,1H3,(H,21,22). The Morgan fingerprint density at radius 2 is 2.23 bits per heavy atom. The number of hydrogen-bond acceptors (Lipinski definition) is 4. The van der Waals surface area contributed by atoms with Gasteiger partial charge in [-0.3, -0.25) is 0 Å². The van der Waals surface area contributed by atoms with Gasteiger partial charge in [-0.15, -0.1) is 0 Å². The molecule has 0 spiro atoms. The molecule has 2 aromatic heterocycles. The molecule has 0 aliphatic rings. The first kappa shape index (κ1) is 13.7. The highest BCUT2D eigenvalue weighted by Crippen LogP contribution is 2.29. The summed E-state index contributed by atoms with van der Waals surface area (Å²) in [4.78, 5) is 15.4. The van der Waals surface area contributed by atoms with Crippen molar-refractivity contribution in [2.45, 2.75) is 6.92 Å². The van der Waals surface area contributed by atoms with Crippen LogP contribution in [-0.4, -0.2) is 25.7 Å². The van der Waals surface area contributed by atoms with Gasteiger partial charge in [0.05, 0.1) is 5.56 Å². The van der Waals surface area contributed by atoms with E-state index in [0.29, 0.717) is 16.8 Å². The zero-order chi connectivity index (χ0) is 15.9. The molecule has 2 heterocycles. The second-order valence-electron chi connectivity index (χ2n) is 4.67. The number of imidazole rings is 1. The highest BCUT2D eigenvalue weighted by Gasteiger charge is 2.22. The van der Waals surface area contributed by atoms with E-state index in [1.807, 2.05) is 0 Å².